The van der Waals surface area contributed by atoms with E-state index in [-0.39, 0.29) is 24.4 Å². The van der Waals surface area contributed by atoms with Gasteiger partial charge in [0.25, 0.3) is 5.56 Å². The van der Waals surface area contributed by atoms with Gasteiger partial charge >= 0.3 is 11.9 Å². The number of nitrogens with zero attached hydrogens (tertiary/aromatic N) is 2. The highest BCUT2D eigenvalue weighted by Crippen LogP contribution is 2.46. The number of halogens is 1. The maximum Gasteiger partial charge on any atom is 0.358 e. The van der Waals surface area contributed by atoms with Crippen molar-refractivity contribution in [3.8, 4) is 11.4 Å². The Balaban J connectivity index is 1.45. The van der Waals surface area contributed by atoms with Gasteiger partial charge in [-0.15, -0.1) is 0 Å². The van der Waals surface area contributed by atoms with E-state index in [0.29, 0.717) is 63.8 Å². The first-order valence-corrected chi connectivity index (χ1v) is 14.3. The molecular formula is C31H30FN3O8. The molecule has 4 N–H and O–H groups in total. The number of carbonyl (C=O) groups is 2. The van der Waals surface area contributed by atoms with Crippen molar-refractivity contribution in [3.05, 3.63) is 73.1 Å². The summed E-state index contributed by atoms with van der Waals surface area (Å²) in [5.74, 6) is -2.21. The van der Waals surface area contributed by atoms with E-state index in [9.17, 15) is 29.7 Å². The second-order valence-electron chi connectivity index (χ2n) is 11.9. The van der Waals surface area contributed by atoms with Crippen LogP contribution in [0.4, 0.5) is 4.39 Å². The van der Waals surface area contributed by atoms with E-state index in [0.717, 1.165) is 11.1 Å². The Bertz CT molecular complexity index is 1880. The average Bonchev–Trinajstić information content (AvgIpc) is 3.50. The van der Waals surface area contributed by atoms with Gasteiger partial charge in [0, 0.05) is 17.0 Å². The van der Waals surface area contributed by atoms with Gasteiger partial charge in [0.05, 0.1) is 47.1 Å². The Morgan fingerprint density at radius 2 is 2.00 bits per heavy atom. The van der Waals surface area contributed by atoms with Crippen molar-refractivity contribution in [2.75, 3.05) is 6.61 Å². The quantitative estimate of drug-likeness (QED) is 0.254. The highest BCUT2D eigenvalue weighted by Gasteiger charge is 2.45. The Hall–Kier alpha value is -4.29. The van der Waals surface area contributed by atoms with Gasteiger partial charge in [-0.1, -0.05) is 6.92 Å². The molecule has 0 saturated heterocycles. The first kappa shape index (κ1) is 27.5. The summed E-state index contributed by atoms with van der Waals surface area (Å²) in [6.07, 6.45) is -1.63. The van der Waals surface area contributed by atoms with Gasteiger partial charge in [-0.2, -0.15) is 0 Å². The topological polar surface area (TPSA) is 160 Å². The number of aryl methyl sites for hydroxylation is 1. The molecular weight excluding hydrogens is 561 g/mol. The van der Waals surface area contributed by atoms with Crippen LogP contribution in [0.15, 0.2) is 28.4 Å². The fraction of sp³-hybridized carbons (Fsp3) is 0.419. The Morgan fingerprint density at radius 1 is 1.23 bits per heavy atom. The molecule has 0 spiro atoms. The van der Waals surface area contributed by atoms with Gasteiger partial charge in [-0.3, -0.25) is 9.59 Å². The number of esters is 2. The predicted molar refractivity (Wildman–Crippen MR) is 150 cm³/mol. The number of aliphatic hydroxyl groups is 3. The smallest absolute Gasteiger partial charge is 0.358 e. The van der Waals surface area contributed by atoms with Crippen LogP contribution in [0.3, 0.4) is 0 Å². The molecule has 7 rings (SSSR count). The van der Waals surface area contributed by atoms with Crippen LogP contribution in [0.25, 0.3) is 22.3 Å². The van der Waals surface area contributed by atoms with Crippen molar-refractivity contribution in [2.24, 2.45) is 0 Å². The number of rotatable bonds is 5. The lowest BCUT2D eigenvalue weighted by Crippen LogP contribution is -2.42. The van der Waals surface area contributed by atoms with Crippen LogP contribution in [-0.2, 0) is 44.1 Å². The number of carbonyl (C=O) groups excluding carboxylic acids is 2. The molecule has 3 aromatic rings. The van der Waals surface area contributed by atoms with Gasteiger partial charge < -0.3 is 34.7 Å². The normalized spacial score (nSPS) is 24.4. The van der Waals surface area contributed by atoms with E-state index in [1.165, 1.54) is 6.07 Å². The minimum atomic E-state index is -1.50. The molecule has 2 unspecified atom stereocenters. The van der Waals surface area contributed by atoms with Crippen LogP contribution in [-0.4, -0.2) is 55.6 Å². The molecule has 0 amide bonds. The fourth-order valence-electron chi connectivity index (χ4n) is 7.00. The van der Waals surface area contributed by atoms with Gasteiger partial charge in [0.15, 0.2) is 17.6 Å². The zero-order chi connectivity index (χ0) is 30.5. The molecule has 0 radical (unpaired) electrons. The number of pyridine rings is 2. The van der Waals surface area contributed by atoms with Crippen molar-refractivity contribution in [1.29, 1.82) is 0 Å². The zero-order valence-electron chi connectivity index (χ0n) is 23.8. The molecule has 1 aromatic carbocycles. The van der Waals surface area contributed by atoms with Crippen molar-refractivity contribution in [3.63, 3.8) is 0 Å². The third-order valence-electron chi connectivity index (χ3n) is 9.65. The van der Waals surface area contributed by atoms with Crippen molar-refractivity contribution in [1.82, 2.24) is 14.9 Å². The molecule has 11 nitrogen and oxygen atoms in total. The summed E-state index contributed by atoms with van der Waals surface area (Å²) in [7, 11) is 0. The molecule has 224 valence electrons. The van der Waals surface area contributed by atoms with Crippen molar-refractivity contribution < 1.29 is 38.8 Å². The number of hydrogen-bond acceptors (Lipinski definition) is 10. The van der Waals surface area contributed by atoms with E-state index in [2.05, 4.69) is 5.32 Å². The summed E-state index contributed by atoms with van der Waals surface area (Å²) in [6.45, 7) is 4.62. The summed E-state index contributed by atoms with van der Waals surface area (Å²) < 4.78 is 27.3. The average molecular weight is 592 g/mol. The molecule has 5 heterocycles. The largest absolute Gasteiger partial charge is 0.506 e. The fourth-order valence-corrected chi connectivity index (χ4v) is 7.00. The van der Waals surface area contributed by atoms with Gasteiger partial charge in [-0.05, 0) is 61.4 Å². The van der Waals surface area contributed by atoms with Gasteiger partial charge in [0.2, 0.25) is 0 Å². The van der Waals surface area contributed by atoms with E-state index in [1.54, 1.807) is 18.4 Å². The summed E-state index contributed by atoms with van der Waals surface area (Å²) in [6, 6.07) is 2.61. The number of aromatic nitrogens is 2. The highest BCUT2D eigenvalue weighted by atomic mass is 19.1. The van der Waals surface area contributed by atoms with Gasteiger partial charge in [0.1, 0.15) is 18.5 Å². The monoisotopic (exact) mass is 591 g/mol. The van der Waals surface area contributed by atoms with Crippen LogP contribution in [0, 0.1) is 12.7 Å². The lowest BCUT2D eigenvalue weighted by Gasteiger charge is -2.33. The number of ether oxygens (including phenoxy) is 2. The van der Waals surface area contributed by atoms with Gasteiger partial charge in [-0.25, -0.2) is 14.2 Å². The molecule has 0 bridgehead atoms. The molecule has 4 aliphatic rings. The van der Waals surface area contributed by atoms with Crippen LogP contribution in [0.1, 0.15) is 66.1 Å². The number of fused-ring (bicyclic) bond motifs is 5. The maximum atomic E-state index is 15.2. The number of aliphatic hydroxyl groups excluding tert-OH is 3. The summed E-state index contributed by atoms with van der Waals surface area (Å²) in [5, 5.41) is 33.9. The minimum absolute atomic E-state index is 0.128. The molecule has 43 heavy (non-hydrogen) atoms. The summed E-state index contributed by atoms with van der Waals surface area (Å²) in [5.41, 5.74) is 3.51. The first-order valence-electron chi connectivity index (χ1n) is 14.3. The second kappa shape index (κ2) is 9.35. The van der Waals surface area contributed by atoms with Crippen LogP contribution < -0.4 is 10.9 Å². The van der Waals surface area contributed by atoms with E-state index < -0.39 is 53.8 Å². The number of nitrogens with one attached hydrogen (secondary N) is 1. The maximum absolute atomic E-state index is 15.2. The Kier molecular flexibility index (Phi) is 5.99. The van der Waals surface area contributed by atoms with Crippen LogP contribution >= 0.6 is 0 Å². The molecule has 2 aromatic heterocycles. The van der Waals surface area contributed by atoms with Crippen LogP contribution in [0.5, 0.6) is 0 Å². The van der Waals surface area contributed by atoms with E-state index in [1.807, 2.05) is 13.0 Å². The molecule has 0 fully saturated rings. The van der Waals surface area contributed by atoms with Crippen molar-refractivity contribution >= 4 is 22.8 Å². The number of hydrogen-bond donors (Lipinski definition) is 4. The number of cyclic esters (lactones) is 2. The Morgan fingerprint density at radius 3 is 2.72 bits per heavy atom. The molecule has 4 atom stereocenters. The van der Waals surface area contributed by atoms with E-state index in [4.69, 9.17) is 14.5 Å². The highest BCUT2D eigenvalue weighted by molar-refractivity contribution is 5.94. The molecule has 12 heteroatoms. The minimum Gasteiger partial charge on any atom is -0.506 e. The standard InChI is InChI=1S/C31H30FN3O8/c1-4-31(3)16-7-20-24-14(9-35(20)28(39)15(16)11-42-30(31)41)23-18(33-25-26(38)27(21(37)10-36)43-29(25)40)6-5-13-12(2)17(32)8-19(34-24)22(13)23/h7-8,18,21,27,33,36-38H,4-6,9-11H2,1-3H3/t18-,21?,27?,31+/m0/s1. The van der Waals surface area contributed by atoms with E-state index >= 15 is 4.39 Å². The third-order valence-corrected chi connectivity index (χ3v) is 9.65. The lowest BCUT2D eigenvalue weighted by atomic mass is 9.76. The Labute approximate surface area is 244 Å². The zero-order valence-corrected chi connectivity index (χ0v) is 23.8. The SMILES string of the molecule is CC[C@@]1(C)C(=O)OCc2c1cc1n(c2=O)Cc2c-1nc1cc(F)c(C)c3c1c2[C@@H](NC1=C(O)C(C(O)CO)OC1=O)CC3. The first-order chi connectivity index (χ1) is 20.5. The molecule has 1 aliphatic carbocycles. The second-order valence-corrected chi connectivity index (χ2v) is 11.9. The lowest BCUT2D eigenvalue weighted by molar-refractivity contribution is -0.153. The predicted octanol–water partition coefficient (Wildman–Crippen LogP) is 2.22. The molecule has 3 aliphatic heterocycles. The number of benzene rings is 1. The summed E-state index contributed by atoms with van der Waals surface area (Å²) >= 11 is 0. The van der Waals surface area contributed by atoms with Crippen molar-refractivity contribution in [2.45, 2.75) is 76.9 Å². The van der Waals surface area contributed by atoms with Crippen LogP contribution in [0.2, 0.25) is 0 Å². The third kappa shape index (κ3) is 3.65. The summed E-state index contributed by atoms with van der Waals surface area (Å²) in [4.78, 5) is 44.3. The molecule has 0 saturated carbocycles.